The molecule has 0 aliphatic carbocycles. The van der Waals surface area contributed by atoms with Gasteiger partial charge in [0, 0.05) is 24.4 Å². The Balaban J connectivity index is 1.62. The number of cyclic esters (lactones) is 1. The van der Waals surface area contributed by atoms with Crippen molar-refractivity contribution in [3.8, 4) is 5.75 Å². The van der Waals surface area contributed by atoms with Crippen molar-refractivity contribution in [1.82, 2.24) is 4.98 Å². The van der Waals surface area contributed by atoms with Gasteiger partial charge in [0.2, 0.25) is 0 Å². The minimum absolute atomic E-state index is 0.252. The van der Waals surface area contributed by atoms with Crippen molar-refractivity contribution in [1.29, 1.82) is 0 Å². The summed E-state index contributed by atoms with van der Waals surface area (Å²) in [5.41, 5.74) is 1.35. The molecule has 1 aromatic heterocycles. The summed E-state index contributed by atoms with van der Waals surface area (Å²) in [6.45, 7) is 0.354. The zero-order valence-corrected chi connectivity index (χ0v) is 11.4. The Morgan fingerprint density at radius 3 is 2.76 bits per heavy atom. The molecule has 0 spiro atoms. The second-order valence-corrected chi connectivity index (χ2v) is 4.75. The van der Waals surface area contributed by atoms with Gasteiger partial charge in [0.1, 0.15) is 18.5 Å². The predicted octanol–water partition coefficient (Wildman–Crippen LogP) is 2.86. The van der Waals surface area contributed by atoms with Crippen molar-refractivity contribution in [2.45, 2.75) is 12.5 Å². The van der Waals surface area contributed by atoms with Crippen LogP contribution < -0.4 is 4.74 Å². The lowest BCUT2D eigenvalue weighted by molar-refractivity contribution is -0.144. The Bertz CT molecular complexity index is 638. The standard InChI is InChI=1S/C17H15NO3/c19-17-16(13-5-4-10-18-11-13)9-8-15(21-17)12-20-14-6-2-1-3-7-14/h1-7,9-11,15H,8,12H2. The molecule has 0 fully saturated rings. The molecule has 0 bridgehead atoms. The third-order valence-corrected chi connectivity index (χ3v) is 3.23. The van der Waals surface area contributed by atoms with E-state index < -0.39 is 0 Å². The zero-order valence-electron chi connectivity index (χ0n) is 11.4. The molecule has 3 rings (SSSR count). The molecule has 0 radical (unpaired) electrons. The maximum Gasteiger partial charge on any atom is 0.338 e. The molecule has 1 aromatic carbocycles. The second kappa shape index (κ2) is 6.22. The Morgan fingerprint density at radius 1 is 1.19 bits per heavy atom. The van der Waals surface area contributed by atoms with Crippen molar-refractivity contribution >= 4 is 11.5 Å². The van der Waals surface area contributed by atoms with Gasteiger partial charge in [-0.1, -0.05) is 30.3 Å². The summed E-state index contributed by atoms with van der Waals surface area (Å²) in [6, 6.07) is 13.1. The van der Waals surface area contributed by atoms with Crippen LogP contribution in [0.25, 0.3) is 5.57 Å². The van der Waals surface area contributed by atoms with Crippen LogP contribution in [0.2, 0.25) is 0 Å². The molecule has 1 unspecified atom stereocenters. The normalized spacial score (nSPS) is 17.8. The number of ether oxygens (including phenoxy) is 2. The van der Waals surface area contributed by atoms with E-state index in [9.17, 15) is 4.79 Å². The number of carbonyl (C=O) groups excluding carboxylic acids is 1. The molecule has 2 heterocycles. The van der Waals surface area contributed by atoms with Gasteiger partial charge in [-0.3, -0.25) is 4.98 Å². The number of esters is 1. The molecule has 4 heteroatoms. The van der Waals surface area contributed by atoms with Gasteiger partial charge in [0.15, 0.2) is 0 Å². The lowest BCUT2D eigenvalue weighted by atomic mass is 10.0. The summed E-state index contributed by atoms with van der Waals surface area (Å²) >= 11 is 0. The fraction of sp³-hybridized carbons (Fsp3) is 0.176. The van der Waals surface area contributed by atoms with Crippen molar-refractivity contribution in [2.75, 3.05) is 6.61 Å². The maximum atomic E-state index is 12.0. The summed E-state index contributed by atoms with van der Waals surface area (Å²) < 4.78 is 11.0. The molecular formula is C17H15NO3. The highest BCUT2D eigenvalue weighted by atomic mass is 16.6. The van der Waals surface area contributed by atoms with E-state index in [1.54, 1.807) is 18.5 Å². The smallest absolute Gasteiger partial charge is 0.338 e. The number of rotatable bonds is 4. The quantitative estimate of drug-likeness (QED) is 0.809. The van der Waals surface area contributed by atoms with E-state index in [1.807, 2.05) is 42.5 Å². The zero-order chi connectivity index (χ0) is 14.5. The van der Waals surface area contributed by atoms with Gasteiger partial charge in [-0.2, -0.15) is 0 Å². The first-order chi connectivity index (χ1) is 10.3. The lowest BCUT2D eigenvalue weighted by Gasteiger charge is -2.22. The average Bonchev–Trinajstić information content (AvgIpc) is 2.55. The van der Waals surface area contributed by atoms with E-state index >= 15 is 0 Å². The van der Waals surface area contributed by atoms with Gasteiger partial charge in [-0.15, -0.1) is 0 Å². The van der Waals surface area contributed by atoms with Gasteiger partial charge < -0.3 is 9.47 Å². The summed E-state index contributed by atoms with van der Waals surface area (Å²) in [7, 11) is 0. The van der Waals surface area contributed by atoms with Gasteiger partial charge in [0.25, 0.3) is 0 Å². The van der Waals surface area contributed by atoms with Crippen LogP contribution in [0.3, 0.4) is 0 Å². The molecule has 21 heavy (non-hydrogen) atoms. The van der Waals surface area contributed by atoms with Gasteiger partial charge in [-0.25, -0.2) is 4.79 Å². The molecule has 106 valence electrons. The SMILES string of the molecule is O=C1OC(COc2ccccc2)CC=C1c1cccnc1. The first-order valence-electron chi connectivity index (χ1n) is 6.82. The van der Waals surface area contributed by atoms with Crippen LogP contribution in [0.4, 0.5) is 0 Å². The van der Waals surface area contributed by atoms with Crippen LogP contribution in [0, 0.1) is 0 Å². The van der Waals surface area contributed by atoms with Crippen LogP contribution >= 0.6 is 0 Å². The fourth-order valence-corrected chi connectivity index (χ4v) is 2.16. The monoisotopic (exact) mass is 281 g/mol. The van der Waals surface area contributed by atoms with E-state index in [0.717, 1.165) is 11.3 Å². The number of hydrogen-bond donors (Lipinski definition) is 0. The minimum Gasteiger partial charge on any atom is -0.490 e. The highest BCUT2D eigenvalue weighted by Gasteiger charge is 2.24. The van der Waals surface area contributed by atoms with E-state index in [0.29, 0.717) is 18.6 Å². The van der Waals surface area contributed by atoms with Gasteiger partial charge in [0.05, 0.1) is 5.57 Å². The van der Waals surface area contributed by atoms with Crippen molar-refractivity contribution < 1.29 is 14.3 Å². The van der Waals surface area contributed by atoms with E-state index in [4.69, 9.17) is 9.47 Å². The summed E-state index contributed by atoms with van der Waals surface area (Å²) in [4.78, 5) is 16.1. The molecule has 1 atom stereocenters. The summed E-state index contributed by atoms with van der Waals surface area (Å²) in [6.07, 6.45) is 5.62. The molecule has 4 nitrogen and oxygen atoms in total. The van der Waals surface area contributed by atoms with E-state index in [1.165, 1.54) is 0 Å². The van der Waals surface area contributed by atoms with Gasteiger partial charge in [-0.05, 0) is 18.2 Å². The predicted molar refractivity (Wildman–Crippen MR) is 78.6 cm³/mol. The number of aromatic nitrogens is 1. The topological polar surface area (TPSA) is 48.4 Å². The van der Waals surface area contributed by atoms with Crippen LogP contribution in [-0.4, -0.2) is 23.7 Å². The van der Waals surface area contributed by atoms with Crippen molar-refractivity contribution in [3.63, 3.8) is 0 Å². The number of nitrogens with zero attached hydrogens (tertiary/aromatic N) is 1. The Kier molecular flexibility index (Phi) is 3.96. The van der Waals surface area contributed by atoms with E-state index in [2.05, 4.69) is 4.98 Å². The van der Waals surface area contributed by atoms with Crippen LogP contribution in [-0.2, 0) is 9.53 Å². The molecule has 0 N–H and O–H groups in total. The molecule has 0 saturated carbocycles. The molecule has 1 aliphatic rings. The summed E-state index contributed by atoms with van der Waals surface area (Å²) in [5.74, 6) is 0.450. The van der Waals surface area contributed by atoms with Crippen molar-refractivity contribution in [2.24, 2.45) is 0 Å². The first kappa shape index (κ1) is 13.4. The van der Waals surface area contributed by atoms with Crippen molar-refractivity contribution in [3.05, 3.63) is 66.5 Å². The second-order valence-electron chi connectivity index (χ2n) is 4.75. The first-order valence-corrected chi connectivity index (χ1v) is 6.82. The molecule has 0 saturated heterocycles. The van der Waals surface area contributed by atoms with Gasteiger partial charge >= 0.3 is 5.97 Å². The Morgan fingerprint density at radius 2 is 2.05 bits per heavy atom. The molecule has 1 aliphatic heterocycles. The largest absolute Gasteiger partial charge is 0.490 e. The minimum atomic E-state index is -0.323. The average molecular weight is 281 g/mol. The summed E-state index contributed by atoms with van der Waals surface area (Å²) in [5, 5.41) is 0. The van der Waals surface area contributed by atoms with Crippen LogP contribution in [0.15, 0.2) is 60.9 Å². The van der Waals surface area contributed by atoms with E-state index in [-0.39, 0.29) is 12.1 Å². The Labute approximate surface area is 123 Å². The Hall–Kier alpha value is -2.62. The highest BCUT2D eigenvalue weighted by molar-refractivity contribution is 6.16. The number of pyridine rings is 1. The number of hydrogen-bond acceptors (Lipinski definition) is 4. The lowest BCUT2D eigenvalue weighted by Crippen LogP contribution is -2.28. The highest BCUT2D eigenvalue weighted by Crippen LogP contribution is 2.23. The third kappa shape index (κ3) is 3.28. The number of benzene rings is 1. The third-order valence-electron chi connectivity index (χ3n) is 3.23. The molecular weight excluding hydrogens is 266 g/mol. The van der Waals surface area contributed by atoms with Crippen LogP contribution in [0.1, 0.15) is 12.0 Å². The number of para-hydroxylation sites is 1. The fourth-order valence-electron chi connectivity index (χ4n) is 2.16. The maximum absolute atomic E-state index is 12.0. The molecule has 2 aromatic rings. The molecule has 0 amide bonds. The van der Waals surface area contributed by atoms with Crippen LogP contribution in [0.5, 0.6) is 5.75 Å². The number of carbonyl (C=O) groups is 1.